The number of unbranched alkanes of at least 4 members (excludes halogenated alkanes) is 10. The number of nitrogens with one attached hydrogen (secondary N) is 2. The van der Waals surface area contributed by atoms with Crippen molar-refractivity contribution < 1.29 is 38.1 Å². The van der Waals surface area contributed by atoms with Crippen molar-refractivity contribution in [1.29, 1.82) is 0 Å². The van der Waals surface area contributed by atoms with Crippen LogP contribution in [0.3, 0.4) is 0 Å². The Morgan fingerprint density at radius 1 is 0.372 bits per heavy atom. The quantitative estimate of drug-likeness (QED) is 0.0359. The largest absolute Gasteiger partial charge is 0.493 e. The smallest absolute Gasteiger partial charge is 0.337 e. The second kappa shape index (κ2) is 26.0. The summed E-state index contributed by atoms with van der Waals surface area (Å²) >= 11 is 0. The normalized spacial score (nSPS) is 11.7. The molecule has 0 aliphatic carbocycles. The molecule has 0 fully saturated rings. The number of methoxy groups -OCH3 is 3. The van der Waals surface area contributed by atoms with E-state index in [0.29, 0.717) is 64.2 Å². The van der Waals surface area contributed by atoms with Gasteiger partial charge in [-0.3, -0.25) is 0 Å². The molecule has 5 heterocycles. The summed E-state index contributed by atoms with van der Waals surface area (Å²) in [5.74, 6) is 0.122. The molecule has 3 aromatic heterocycles. The average molecular weight is 1050 g/mol. The van der Waals surface area contributed by atoms with Crippen molar-refractivity contribution in [2.75, 3.05) is 34.5 Å². The zero-order valence-corrected chi connectivity index (χ0v) is 45.3. The molecule has 400 valence electrons. The molecule has 0 spiro atoms. The summed E-state index contributed by atoms with van der Waals surface area (Å²) in [6, 6.07) is 36.3. The van der Waals surface area contributed by atoms with Gasteiger partial charge in [-0.25, -0.2) is 24.4 Å². The number of carbonyl (C=O) groups excluding carboxylic acids is 3. The molecular weight excluding hydrogens is 977 g/mol. The molecule has 2 N–H and O–H groups in total. The van der Waals surface area contributed by atoms with Crippen molar-refractivity contribution in [2.24, 2.45) is 0 Å². The number of rotatable bonds is 23. The van der Waals surface area contributed by atoms with Crippen molar-refractivity contribution in [3.63, 3.8) is 0 Å². The SMILES string of the molecule is CCCCCCCCOc1cc(OCCCCCCCC)cc(-c2c3nc(c(-c4ccc(C(=O)OC)cc4)c4ccc([nH]4)c(-c4ccc(C(=O)OC)cc4)c4nc(c(-c5ccc(C(=O)OC)cc5)c5ccc2[nH]5)C=C4)C=C3)c1. The molecular formula is C66H68N4O8. The highest BCUT2D eigenvalue weighted by Crippen LogP contribution is 2.40. The van der Waals surface area contributed by atoms with Crippen LogP contribution in [-0.2, 0) is 14.2 Å². The predicted octanol–water partition coefficient (Wildman–Crippen LogP) is 16.2. The molecule has 4 aromatic carbocycles. The Bertz CT molecular complexity index is 3400. The third-order valence-corrected chi connectivity index (χ3v) is 14.2. The molecule has 9 rings (SSSR count). The van der Waals surface area contributed by atoms with Gasteiger partial charge in [0.05, 0.1) is 74.0 Å². The van der Waals surface area contributed by atoms with Crippen molar-refractivity contribution in [2.45, 2.75) is 90.9 Å². The summed E-state index contributed by atoms with van der Waals surface area (Å²) in [4.78, 5) is 56.5. The lowest BCUT2D eigenvalue weighted by atomic mass is 10.0. The fraction of sp³-hybridized carbons (Fsp3) is 0.288. The van der Waals surface area contributed by atoms with Crippen LogP contribution in [0.1, 0.15) is 145 Å². The lowest BCUT2D eigenvalue weighted by Crippen LogP contribution is -2.01. The number of ether oxygens (including phenoxy) is 5. The van der Waals surface area contributed by atoms with E-state index in [4.69, 9.17) is 33.7 Å². The van der Waals surface area contributed by atoms with Crippen molar-refractivity contribution in [3.8, 4) is 56.0 Å². The minimum absolute atomic E-state index is 0.413. The molecule has 12 nitrogen and oxygen atoms in total. The van der Waals surface area contributed by atoms with E-state index in [1.54, 1.807) is 36.4 Å². The topological polar surface area (TPSA) is 155 Å². The van der Waals surface area contributed by atoms with E-state index in [-0.39, 0.29) is 0 Å². The first-order chi connectivity index (χ1) is 38.2. The van der Waals surface area contributed by atoms with Gasteiger partial charge in [0.2, 0.25) is 0 Å². The van der Waals surface area contributed by atoms with Crippen LogP contribution in [0.4, 0.5) is 0 Å². The van der Waals surface area contributed by atoms with E-state index in [2.05, 4.69) is 48.1 Å². The van der Waals surface area contributed by atoms with Gasteiger partial charge in [-0.05, 0) is 132 Å². The highest BCUT2D eigenvalue weighted by molar-refractivity contribution is 6.01. The summed E-state index contributed by atoms with van der Waals surface area (Å²) in [6.07, 6.45) is 21.9. The van der Waals surface area contributed by atoms with E-state index in [9.17, 15) is 14.4 Å². The number of hydrogen-bond acceptors (Lipinski definition) is 10. The molecule has 7 aromatic rings. The number of nitrogens with zero attached hydrogens (tertiary/aromatic N) is 2. The van der Waals surface area contributed by atoms with Gasteiger partial charge < -0.3 is 33.7 Å². The first-order valence-electron chi connectivity index (χ1n) is 27.3. The summed E-state index contributed by atoms with van der Waals surface area (Å²) in [6.45, 7) is 5.63. The molecule has 12 heteroatoms. The summed E-state index contributed by atoms with van der Waals surface area (Å²) in [5.41, 5.74) is 13.6. The Labute approximate surface area is 456 Å². The molecule has 78 heavy (non-hydrogen) atoms. The number of H-pyrrole nitrogens is 2. The van der Waals surface area contributed by atoms with Crippen molar-refractivity contribution in [3.05, 3.63) is 155 Å². The summed E-state index contributed by atoms with van der Waals surface area (Å²) in [7, 11) is 4.11. The Kier molecular flexibility index (Phi) is 18.1. The van der Waals surface area contributed by atoms with Gasteiger partial charge in [-0.1, -0.05) is 114 Å². The number of aromatic amines is 2. The maximum absolute atomic E-state index is 12.7. The molecule has 0 radical (unpaired) electrons. The van der Waals surface area contributed by atoms with E-state index in [1.807, 2.05) is 78.9 Å². The number of hydrogen-bond donors (Lipinski definition) is 2. The second-order valence-electron chi connectivity index (χ2n) is 19.6. The summed E-state index contributed by atoms with van der Waals surface area (Å²) < 4.78 is 28.4. The number of aromatic nitrogens is 4. The van der Waals surface area contributed by atoms with Crippen LogP contribution in [0.2, 0.25) is 0 Å². The molecule has 2 aliphatic rings. The van der Waals surface area contributed by atoms with E-state index in [0.717, 1.165) is 92.3 Å². The van der Waals surface area contributed by atoms with Crippen molar-refractivity contribution >= 4 is 64.3 Å². The van der Waals surface area contributed by atoms with Gasteiger partial charge in [-0.2, -0.15) is 0 Å². The van der Waals surface area contributed by atoms with E-state index in [1.165, 1.54) is 72.7 Å². The van der Waals surface area contributed by atoms with Gasteiger partial charge in [0, 0.05) is 50.4 Å². The number of esters is 3. The zero-order chi connectivity index (χ0) is 54.4. The van der Waals surface area contributed by atoms with Crippen LogP contribution in [-0.4, -0.2) is 72.4 Å². The van der Waals surface area contributed by atoms with Crippen LogP contribution in [0.5, 0.6) is 11.5 Å². The fourth-order valence-corrected chi connectivity index (χ4v) is 10.1. The van der Waals surface area contributed by atoms with E-state index >= 15 is 0 Å². The molecule has 0 saturated heterocycles. The van der Waals surface area contributed by atoms with Crippen LogP contribution >= 0.6 is 0 Å². The molecule has 0 amide bonds. The van der Waals surface area contributed by atoms with Crippen LogP contribution in [0, 0.1) is 0 Å². The molecule has 2 aliphatic heterocycles. The maximum Gasteiger partial charge on any atom is 0.337 e. The third-order valence-electron chi connectivity index (χ3n) is 14.2. The van der Waals surface area contributed by atoms with Crippen LogP contribution in [0.15, 0.2) is 115 Å². The van der Waals surface area contributed by atoms with Gasteiger partial charge in [-0.15, -0.1) is 0 Å². The number of carbonyl (C=O) groups is 3. The highest BCUT2D eigenvalue weighted by atomic mass is 16.5. The lowest BCUT2D eigenvalue weighted by molar-refractivity contribution is 0.0592. The van der Waals surface area contributed by atoms with Gasteiger partial charge in [0.1, 0.15) is 11.5 Å². The Morgan fingerprint density at radius 3 is 0.974 bits per heavy atom. The molecule has 0 atom stereocenters. The van der Waals surface area contributed by atoms with Crippen LogP contribution < -0.4 is 9.47 Å². The molecule has 0 saturated carbocycles. The highest BCUT2D eigenvalue weighted by Gasteiger charge is 2.21. The third kappa shape index (κ3) is 12.7. The minimum atomic E-state index is -0.440. The Balaban J connectivity index is 1.31. The lowest BCUT2D eigenvalue weighted by Gasteiger charge is -2.14. The Morgan fingerprint density at radius 2 is 0.667 bits per heavy atom. The standard InChI is InChI=1S/C66H68N4O8/c1-6-8-10-12-14-16-38-77-50-40-49(41-51(42-50)78-39-17-15-13-11-9-7-2)63-58-36-34-56(69-58)61(44-20-26-47(27-21-44)65(72)75-4)54-32-30-52(67-54)60(43-18-24-46(25-19-43)64(71)74-3)53-31-33-55(68-53)62(57-35-37-59(63)70-57)45-22-28-48(29-23-45)66(73)76-5/h18-37,40-42,67,70H,6-17,38-39H2,1-5H3. The number of fused-ring (bicyclic) bond motifs is 8. The number of benzene rings is 4. The minimum Gasteiger partial charge on any atom is -0.493 e. The first kappa shape index (κ1) is 54.3. The Hall–Kier alpha value is -8.51. The second-order valence-corrected chi connectivity index (χ2v) is 19.6. The zero-order valence-electron chi connectivity index (χ0n) is 45.3. The van der Waals surface area contributed by atoms with Crippen molar-refractivity contribution in [1.82, 2.24) is 19.9 Å². The van der Waals surface area contributed by atoms with E-state index < -0.39 is 17.9 Å². The van der Waals surface area contributed by atoms with Gasteiger partial charge >= 0.3 is 17.9 Å². The average Bonchev–Trinajstić information content (AvgIpc) is 4.36. The summed E-state index contributed by atoms with van der Waals surface area (Å²) in [5, 5.41) is 0. The molecule has 0 unspecified atom stereocenters. The monoisotopic (exact) mass is 1040 g/mol. The van der Waals surface area contributed by atoms with Gasteiger partial charge in [0.25, 0.3) is 0 Å². The molecule has 8 bridgehead atoms. The first-order valence-corrected chi connectivity index (χ1v) is 27.3. The maximum atomic E-state index is 12.7. The van der Waals surface area contributed by atoms with Gasteiger partial charge in [0.15, 0.2) is 0 Å². The predicted molar refractivity (Wildman–Crippen MR) is 312 cm³/mol. The fourth-order valence-electron chi connectivity index (χ4n) is 10.1. The van der Waals surface area contributed by atoms with Crippen LogP contribution in [0.25, 0.3) is 90.9 Å².